The molecule has 0 unspecified atom stereocenters. The molecule has 0 heterocycles. The van der Waals surface area contributed by atoms with Crippen LogP contribution in [0, 0.1) is 10.1 Å². The molecule has 0 saturated heterocycles. The topological polar surface area (TPSA) is 83.7 Å². The van der Waals surface area contributed by atoms with Crippen LogP contribution in [0.15, 0.2) is 35.3 Å². The minimum absolute atomic E-state index is 0.136. The number of hydrogen-bond donors (Lipinski definition) is 1. The maximum absolute atomic E-state index is 12.2. The van der Waals surface area contributed by atoms with Crippen molar-refractivity contribution < 1.29 is 14.8 Å². The van der Waals surface area contributed by atoms with Crippen molar-refractivity contribution in [2.45, 2.75) is 0 Å². The molecule has 0 aliphatic carbocycles. The van der Waals surface area contributed by atoms with Crippen LogP contribution in [0.3, 0.4) is 0 Å². The van der Waals surface area contributed by atoms with Crippen LogP contribution in [-0.2, 0) is 0 Å². The fourth-order valence-electron chi connectivity index (χ4n) is 1.55. The number of rotatable bonds is 6. The number of carbonyl (C=O) groups is 1. The van der Waals surface area contributed by atoms with Gasteiger partial charge < -0.3 is 10.0 Å². The van der Waals surface area contributed by atoms with Crippen LogP contribution in [-0.4, -0.2) is 40.5 Å². The minimum atomic E-state index is -0.565. The van der Waals surface area contributed by atoms with Gasteiger partial charge in [0, 0.05) is 19.2 Å². The highest BCUT2D eigenvalue weighted by Gasteiger charge is 2.22. The Bertz CT molecular complexity index is 505. The van der Waals surface area contributed by atoms with E-state index in [0.29, 0.717) is 0 Å². The smallest absolute Gasteiger partial charge is 0.284 e. The second-order valence-corrected chi connectivity index (χ2v) is 4.45. The molecule has 1 N–H and O–H groups in total. The molecule has 0 spiro atoms. The quantitative estimate of drug-likeness (QED) is 0.491. The number of nitrogens with zero attached hydrogens (tertiary/aromatic N) is 2. The molecule has 0 bridgehead atoms. The van der Waals surface area contributed by atoms with E-state index in [2.05, 4.69) is 22.5 Å². The van der Waals surface area contributed by atoms with Gasteiger partial charge in [-0.2, -0.15) is 0 Å². The molecule has 102 valence electrons. The lowest BCUT2D eigenvalue weighted by molar-refractivity contribution is -0.385. The molecule has 1 aromatic carbocycles. The predicted molar refractivity (Wildman–Crippen MR) is 74.0 cm³/mol. The minimum Gasteiger partial charge on any atom is -0.395 e. The summed E-state index contributed by atoms with van der Waals surface area (Å²) in [6.45, 7) is 3.74. The molecule has 1 amide bonds. The van der Waals surface area contributed by atoms with Crippen molar-refractivity contribution in [3.05, 3.63) is 51.0 Å². The van der Waals surface area contributed by atoms with Crippen LogP contribution in [0.25, 0.3) is 0 Å². The lowest BCUT2D eigenvalue weighted by Gasteiger charge is -2.20. The van der Waals surface area contributed by atoms with Gasteiger partial charge in [-0.3, -0.25) is 14.9 Å². The van der Waals surface area contributed by atoms with Crippen molar-refractivity contribution in [1.82, 2.24) is 4.90 Å². The lowest BCUT2D eigenvalue weighted by atomic mass is 10.1. The molecule has 1 rings (SSSR count). The van der Waals surface area contributed by atoms with Crippen LogP contribution < -0.4 is 0 Å². The maximum atomic E-state index is 12.2. The Morgan fingerprint density at radius 2 is 2.26 bits per heavy atom. The summed E-state index contributed by atoms with van der Waals surface area (Å²) >= 11 is 3.08. The molecule has 0 radical (unpaired) electrons. The van der Waals surface area contributed by atoms with Gasteiger partial charge in [0.05, 0.1) is 17.1 Å². The summed E-state index contributed by atoms with van der Waals surface area (Å²) in [7, 11) is 0. The van der Waals surface area contributed by atoms with E-state index >= 15 is 0 Å². The van der Waals surface area contributed by atoms with E-state index in [9.17, 15) is 14.9 Å². The summed E-state index contributed by atoms with van der Waals surface area (Å²) in [6, 6.07) is 4.25. The molecule has 0 aromatic heterocycles. The number of carbonyl (C=O) groups excluding carboxylic acids is 1. The Labute approximate surface area is 118 Å². The molecule has 0 saturated carbocycles. The zero-order valence-corrected chi connectivity index (χ0v) is 11.7. The van der Waals surface area contributed by atoms with Gasteiger partial charge in [0.15, 0.2) is 0 Å². The Morgan fingerprint density at radius 1 is 1.58 bits per heavy atom. The second kappa shape index (κ2) is 7.01. The monoisotopic (exact) mass is 328 g/mol. The van der Waals surface area contributed by atoms with Gasteiger partial charge in [0.2, 0.25) is 0 Å². The highest BCUT2D eigenvalue weighted by atomic mass is 79.9. The number of nitro groups is 1. The fraction of sp³-hybridized carbons (Fsp3) is 0.250. The maximum Gasteiger partial charge on any atom is 0.284 e. The fourth-order valence-corrected chi connectivity index (χ4v) is 2.13. The normalized spacial score (nSPS) is 10.0. The van der Waals surface area contributed by atoms with Crippen LogP contribution in [0.4, 0.5) is 5.69 Å². The molecule has 0 aliphatic rings. The Morgan fingerprint density at radius 3 is 2.79 bits per heavy atom. The van der Waals surface area contributed by atoms with Gasteiger partial charge >= 0.3 is 0 Å². The molecule has 0 aliphatic heterocycles. The Hall–Kier alpha value is -1.73. The number of nitro benzene ring substituents is 1. The summed E-state index contributed by atoms with van der Waals surface area (Å²) in [5.41, 5.74) is 0.0119. The molecule has 0 fully saturated rings. The standard InChI is InChI=1S/C12H13BrN2O4/c1-2-6-14(7-8-16)12(17)9-4-3-5-10(11(9)13)15(18)19/h2-5,16H,1,6-8H2. The summed E-state index contributed by atoms with van der Waals surface area (Å²) in [5, 5.41) is 19.7. The third-order valence-electron chi connectivity index (χ3n) is 2.41. The van der Waals surface area contributed by atoms with Gasteiger partial charge in [-0.1, -0.05) is 12.1 Å². The van der Waals surface area contributed by atoms with Crippen molar-refractivity contribution in [1.29, 1.82) is 0 Å². The number of amides is 1. The van der Waals surface area contributed by atoms with E-state index in [1.165, 1.54) is 29.2 Å². The van der Waals surface area contributed by atoms with E-state index in [1.807, 2.05) is 0 Å². The average Bonchev–Trinajstić information content (AvgIpc) is 2.37. The lowest BCUT2D eigenvalue weighted by Crippen LogP contribution is -2.34. The number of aliphatic hydroxyl groups excluding tert-OH is 1. The van der Waals surface area contributed by atoms with E-state index in [0.717, 1.165) is 0 Å². The third-order valence-corrected chi connectivity index (χ3v) is 3.25. The molecule has 6 nitrogen and oxygen atoms in total. The van der Waals surface area contributed by atoms with Crippen molar-refractivity contribution >= 4 is 27.5 Å². The number of benzene rings is 1. The summed E-state index contributed by atoms with van der Waals surface area (Å²) in [6.07, 6.45) is 1.53. The van der Waals surface area contributed by atoms with Crippen LogP contribution >= 0.6 is 15.9 Å². The molecule has 0 atom stereocenters. The first-order valence-corrected chi connectivity index (χ1v) is 6.26. The molecular formula is C12H13BrN2O4. The van der Waals surface area contributed by atoms with Crippen LogP contribution in [0.2, 0.25) is 0 Å². The van der Waals surface area contributed by atoms with Crippen molar-refractivity contribution in [2.75, 3.05) is 19.7 Å². The molecule has 19 heavy (non-hydrogen) atoms. The van der Waals surface area contributed by atoms with Gasteiger partial charge in [0.1, 0.15) is 4.47 Å². The molecular weight excluding hydrogens is 316 g/mol. The number of halogens is 1. The first kappa shape index (κ1) is 15.3. The van der Waals surface area contributed by atoms with E-state index in [-0.39, 0.29) is 35.4 Å². The summed E-state index contributed by atoms with van der Waals surface area (Å²) < 4.78 is 0.136. The molecule has 1 aromatic rings. The van der Waals surface area contributed by atoms with E-state index in [4.69, 9.17) is 5.11 Å². The Balaban J connectivity index is 3.14. The molecule has 7 heteroatoms. The van der Waals surface area contributed by atoms with Gasteiger partial charge in [-0.15, -0.1) is 6.58 Å². The number of hydrogen-bond acceptors (Lipinski definition) is 4. The highest BCUT2D eigenvalue weighted by molar-refractivity contribution is 9.10. The van der Waals surface area contributed by atoms with Gasteiger partial charge in [-0.25, -0.2) is 0 Å². The van der Waals surface area contributed by atoms with Crippen molar-refractivity contribution in [3.63, 3.8) is 0 Å². The van der Waals surface area contributed by atoms with Crippen molar-refractivity contribution in [2.24, 2.45) is 0 Å². The van der Waals surface area contributed by atoms with Crippen LogP contribution in [0.1, 0.15) is 10.4 Å². The SMILES string of the molecule is C=CCN(CCO)C(=O)c1cccc([N+](=O)[O-])c1Br. The summed E-state index contributed by atoms with van der Waals surface area (Å²) in [4.78, 5) is 23.8. The van der Waals surface area contributed by atoms with Crippen LogP contribution in [0.5, 0.6) is 0 Å². The number of aliphatic hydroxyl groups is 1. The second-order valence-electron chi connectivity index (χ2n) is 3.66. The average molecular weight is 329 g/mol. The van der Waals surface area contributed by atoms with E-state index < -0.39 is 10.8 Å². The zero-order chi connectivity index (χ0) is 14.4. The third kappa shape index (κ3) is 3.62. The largest absolute Gasteiger partial charge is 0.395 e. The first-order chi connectivity index (χ1) is 9.02. The zero-order valence-electron chi connectivity index (χ0n) is 10.1. The van der Waals surface area contributed by atoms with Gasteiger partial charge in [-0.05, 0) is 22.0 Å². The summed E-state index contributed by atoms with van der Waals surface area (Å²) in [5.74, 6) is -0.399. The highest BCUT2D eigenvalue weighted by Crippen LogP contribution is 2.29. The predicted octanol–water partition coefficient (Wildman–Crippen LogP) is 1.98. The first-order valence-electron chi connectivity index (χ1n) is 5.46. The van der Waals surface area contributed by atoms with Crippen molar-refractivity contribution in [3.8, 4) is 0 Å². The Kier molecular flexibility index (Phi) is 5.65. The van der Waals surface area contributed by atoms with Gasteiger partial charge in [0.25, 0.3) is 11.6 Å². The van der Waals surface area contributed by atoms with E-state index in [1.54, 1.807) is 0 Å².